The molecule has 0 aliphatic heterocycles. The molecule has 1 aromatic rings. The summed E-state index contributed by atoms with van der Waals surface area (Å²) in [5, 5.41) is 2.75. The van der Waals surface area contributed by atoms with Crippen LogP contribution in [-0.4, -0.2) is 33.2 Å². The largest absolute Gasteiger partial charge is 0.352 e. The molecule has 22 heavy (non-hydrogen) atoms. The molecule has 6 nitrogen and oxygen atoms in total. The van der Waals surface area contributed by atoms with Crippen LogP contribution in [-0.2, 0) is 10.0 Å². The van der Waals surface area contributed by atoms with Gasteiger partial charge in [0.2, 0.25) is 10.0 Å². The Morgan fingerprint density at radius 2 is 1.95 bits per heavy atom. The van der Waals surface area contributed by atoms with Crippen molar-refractivity contribution in [1.29, 1.82) is 0 Å². The average Bonchev–Trinajstić information content (AvgIpc) is 2.44. The molecule has 0 aliphatic rings. The summed E-state index contributed by atoms with van der Waals surface area (Å²) in [6.07, 6.45) is 0.512. The lowest BCUT2D eigenvalue weighted by Crippen LogP contribution is -2.32. The first-order valence-electron chi connectivity index (χ1n) is 6.97. The number of amides is 1. The highest BCUT2D eigenvalue weighted by molar-refractivity contribution is 7.92. The standard InChI is InChI=1S/C14H23N3O3S.ClH/c1-3-8-21(19,20)17-13-7-5-4-6-12(13)14(18)16-10-11(2)9-15;/h4-7,11,17H,3,8-10,15H2,1-2H3,(H,16,18);1H. The monoisotopic (exact) mass is 349 g/mol. The van der Waals surface area contributed by atoms with Gasteiger partial charge in [0, 0.05) is 6.54 Å². The zero-order chi connectivity index (χ0) is 15.9. The highest BCUT2D eigenvalue weighted by atomic mass is 35.5. The number of nitrogens with two attached hydrogens (primary N) is 1. The fraction of sp³-hybridized carbons (Fsp3) is 0.500. The highest BCUT2D eigenvalue weighted by Gasteiger charge is 2.16. The van der Waals surface area contributed by atoms with Crippen LogP contribution in [0.5, 0.6) is 0 Å². The lowest BCUT2D eigenvalue weighted by molar-refractivity contribution is 0.0949. The maximum atomic E-state index is 12.1. The van der Waals surface area contributed by atoms with Gasteiger partial charge in [0.05, 0.1) is 17.0 Å². The van der Waals surface area contributed by atoms with Crippen molar-refractivity contribution in [1.82, 2.24) is 5.32 Å². The first kappa shape index (κ1) is 20.7. The third-order valence-corrected chi connectivity index (χ3v) is 4.40. The SMILES string of the molecule is CCCS(=O)(=O)Nc1ccccc1C(=O)NCC(C)CN.Cl. The third kappa shape index (κ3) is 6.64. The van der Waals surface area contributed by atoms with Gasteiger partial charge < -0.3 is 11.1 Å². The molecule has 1 unspecified atom stereocenters. The summed E-state index contributed by atoms with van der Waals surface area (Å²) in [5.74, 6) is -0.129. The van der Waals surface area contributed by atoms with Crippen LogP contribution in [0, 0.1) is 5.92 Å². The van der Waals surface area contributed by atoms with Gasteiger partial charge in [-0.05, 0) is 31.0 Å². The molecule has 0 heterocycles. The van der Waals surface area contributed by atoms with E-state index < -0.39 is 10.0 Å². The topological polar surface area (TPSA) is 101 Å². The molecule has 0 aliphatic carbocycles. The maximum absolute atomic E-state index is 12.1. The Balaban J connectivity index is 0.00000441. The Bertz CT molecular complexity index is 578. The van der Waals surface area contributed by atoms with Crippen molar-refractivity contribution >= 4 is 34.0 Å². The zero-order valence-electron chi connectivity index (χ0n) is 12.8. The van der Waals surface area contributed by atoms with Crippen molar-refractivity contribution in [3.63, 3.8) is 0 Å². The summed E-state index contributed by atoms with van der Waals surface area (Å²) in [5.41, 5.74) is 6.10. The van der Waals surface area contributed by atoms with Gasteiger partial charge in [-0.25, -0.2) is 8.42 Å². The fourth-order valence-corrected chi connectivity index (χ4v) is 2.86. The molecule has 0 spiro atoms. The second-order valence-electron chi connectivity index (χ2n) is 5.02. The lowest BCUT2D eigenvalue weighted by atomic mass is 10.1. The van der Waals surface area contributed by atoms with Crippen LogP contribution in [0.3, 0.4) is 0 Å². The zero-order valence-corrected chi connectivity index (χ0v) is 14.5. The number of anilines is 1. The second-order valence-corrected chi connectivity index (χ2v) is 6.86. The van der Waals surface area contributed by atoms with Crippen LogP contribution in [0.15, 0.2) is 24.3 Å². The number of carbonyl (C=O) groups excluding carboxylic acids is 1. The Hall–Kier alpha value is -1.31. The predicted octanol–water partition coefficient (Wildman–Crippen LogP) is 1.58. The Labute approximate surface area is 138 Å². The maximum Gasteiger partial charge on any atom is 0.253 e. The van der Waals surface area contributed by atoms with Crippen LogP contribution in [0.4, 0.5) is 5.69 Å². The van der Waals surface area contributed by atoms with Crippen molar-refractivity contribution in [3.8, 4) is 0 Å². The minimum Gasteiger partial charge on any atom is -0.352 e. The van der Waals surface area contributed by atoms with Gasteiger partial charge in [-0.2, -0.15) is 0 Å². The van der Waals surface area contributed by atoms with E-state index in [0.717, 1.165) is 0 Å². The van der Waals surface area contributed by atoms with Gasteiger partial charge >= 0.3 is 0 Å². The van der Waals surface area contributed by atoms with Crippen LogP contribution in [0.25, 0.3) is 0 Å². The molecule has 0 saturated heterocycles. The van der Waals surface area contributed by atoms with E-state index in [1.54, 1.807) is 31.2 Å². The van der Waals surface area contributed by atoms with E-state index >= 15 is 0 Å². The summed E-state index contributed by atoms with van der Waals surface area (Å²) in [7, 11) is -3.43. The molecule has 1 aromatic carbocycles. The lowest BCUT2D eigenvalue weighted by Gasteiger charge is -2.14. The average molecular weight is 350 g/mol. The number of hydrogen-bond acceptors (Lipinski definition) is 4. The molecular weight excluding hydrogens is 326 g/mol. The number of para-hydroxylation sites is 1. The van der Waals surface area contributed by atoms with E-state index in [9.17, 15) is 13.2 Å². The quantitative estimate of drug-likeness (QED) is 0.663. The Kier molecular flexibility index (Phi) is 9.08. The van der Waals surface area contributed by atoms with Gasteiger partial charge in [-0.3, -0.25) is 9.52 Å². The molecule has 0 radical (unpaired) electrons. The minimum absolute atomic E-state index is 0. The molecule has 1 atom stereocenters. The summed E-state index contributed by atoms with van der Waals surface area (Å²) >= 11 is 0. The second kappa shape index (κ2) is 9.66. The van der Waals surface area contributed by atoms with Gasteiger partial charge in [-0.15, -0.1) is 12.4 Å². The number of benzene rings is 1. The van der Waals surface area contributed by atoms with Crippen LogP contribution >= 0.6 is 12.4 Å². The Morgan fingerprint density at radius 3 is 2.55 bits per heavy atom. The molecule has 8 heteroatoms. The first-order valence-corrected chi connectivity index (χ1v) is 8.62. The number of sulfonamides is 1. The van der Waals surface area contributed by atoms with E-state index in [2.05, 4.69) is 10.0 Å². The highest BCUT2D eigenvalue weighted by Crippen LogP contribution is 2.17. The molecular formula is C14H24ClN3O3S. The summed E-state index contributed by atoms with van der Waals surface area (Å²) < 4.78 is 26.1. The number of hydrogen-bond donors (Lipinski definition) is 3. The molecule has 0 aromatic heterocycles. The van der Waals surface area contributed by atoms with Gasteiger partial charge in [0.15, 0.2) is 0 Å². The number of carbonyl (C=O) groups is 1. The van der Waals surface area contributed by atoms with Crippen molar-refractivity contribution in [2.24, 2.45) is 11.7 Å². The van der Waals surface area contributed by atoms with Gasteiger partial charge in [-0.1, -0.05) is 26.0 Å². The smallest absolute Gasteiger partial charge is 0.253 e. The summed E-state index contributed by atoms with van der Waals surface area (Å²) in [6, 6.07) is 6.54. The van der Waals surface area contributed by atoms with Crippen LogP contribution < -0.4 is 15.8 Å². The van der Waals surface area contributed by atoms with Crippen LogP contribution in [0.2, 0.25) is 0 Å². The van der Waals surface area contributed by atoms with Crippen molar-refractivity contribution in [2.75, 3.05) is 23.6 Å². The van der Waals surface area contributed by atoms with E-state index in [1.807, 2.05) is 6.92 Å². The predicted molar refractivity (Wildman–Crippen MR) is 91.9 cm³/mol. The fourth-order valence-electron chi connectivity index (χ4n) is 1.70. The third-order valence-electron chi connectivity index (χ3n) is 2.92. The first-order chi connectivity index (χ1) is 9.89. The van der Waals surface area contributed by atoms with Crippen molar-refractivity contribution in [2.45, 2.75) is 20.3 Å². The van der Waals surface area contributed by atoms with Gasteiger partial charge in [0.1, 0.15) is 0 Å². The summed E-state index contributed by atoms with van der Waals surface area (Å²) in [4.78, 5) is 12.1. The molecule has 4 N–H and O–H groups in total. The molecule has 0 saturated carbocycles. The number of halogens is 1. The van der Waals surface area contributed by atoms with E-state index in [0.29, 0.717) is 30.8 Å². The molecule has 1 rings (SSSR count). The minimum atomic E-state index is -3.43. The van der Waals surface area contributed by atoms with Crippen molar-refractivity contribution in [3.05, 3.63) is 29.8 Å². The number of rotatable bonds is 8. The Morgan fingerprint density at radius 1 is 1.32 bits per heavy atom. The molecule has 0 fully saturated rings. The van der Waals surface area contributed by atoms with Gasteiger partial charge in [0.25, 0.3) is 5.91 Å². The molecule has 1 amide bonds. The van der Waals surface area contributed by atoms with Crippen molar-refractivity contribution < 1.29 is 13.2 Å². The number of nitrogens with one attached hydrogen (secondary N) is 2. The normalized spacial score (nSPS) is 12.1. The molecule has 0 bridgehead atoms. The molecule has 126 valence electrons. The van der Waals surface area contributed by atoms with E-state index in [1.165, 1.54) is 0 Å². The van der Waals surface area contributed by atoms with Crippen LogP contribution in [0.1, 0.15) is 30.6 Å². The van der Waals surface area contributed by atoms with E-state index in [-0.39, 0.29) is 30.0 Å². The summed E-state index contributed by atoms with van der Waals surface area (Å²) in [6.45, 7) is 4.64. The van der Waals surface area contributed by atoms with E-state index in [4.69, 9.17) is 5.73 Å².